The first-order chi connectivity index (χ1) is 16.9. The Balaban J connectivity index is 2.54. The Morgan fingerprint density at radius 2 is 1.26 bits per heavy atom. The molecule has 0 saturated heterocycles. The van der Waals surface area contributed by atoms with E-state index in [9.17, 15) is 44.6 Å². The summed E-state index contributed by atoms with van der Waals surface area (Å²) in [5, 5.41) is 10.3. The van der Waals surface area contributed by atoms with Gasteiger partial charge in [-0.3, -0.25) is 0 Å². The van der Waals surface area contributed by atoms with Crippen molar-refractivity contribution in [1.29, 1.82) is 0 Å². The van der Waals surface area contributed by atoms with Crippen molar-refractivity contribution in [2.24, 2.45) is 0 Å². The van der Waals surface area contributed by atoms with Gasteiger partial charge in [0.05, 0.1) is 5.25 Å². The molecule has 0 spiro atoms. The van der Waals surface area contributed by atoms with Gasteiger partial charge in [-0.05, 0) is 27.5 Å². The van der Waals surface area contributed by atoms with Crippen LogP contribution in [0.4, 0.5) is 39.5 Å². The minimum Gasteiger partial charge on any atom is -0.507 e. The van der Waals surface area contributed by atoms with Crippen LogP contribution in [0.15, 0.2) is 42.5 Å². The molecule has 0 fully saturated rings. The summed E-state index contributed by atoms with van der Waals surface area (Å²) in [6.07, 6.45) is -8.81. The molecule has 0 aliphatic heterocycles. The average Bonchev–Trinajstić information content (AvgIpc) is 2.75. The number of phenolic OH excluding ortho intramolecular Hbond substituents is 1. The van der Waals surface area contributed by atoms with Crippen LogP contribution in [-0.4, -0.2) is 34.8 Å². The largest absolute Gasteiger partial charge is 0.507 e. The lowest BCUT2D eigenvalue weighted by molar-refractivity contribution is -0.396. The van der Waals surface area contributed by atoms with E-state index in [-0.39, 0.29) is 11.3 Å². The molecule has 1 unspecified atom stereocenters. The van der Waals surface area contributed by atoms with Gasteiger partial charge in [0.15, 0.2) is 0 Å². The van der Waals surface area contributed by atoms with Crippen molar-refractivity contribution in [3.05, 3.63) is 64.7 Å². The van der Waals surface area contributed by atoms with Crippen molar-refractivity contribution in [1.82, 2.24) is 0 Å². The Labute approximate surface area is 220 Å². The predicted molar refractivity (Wildman–Crippen MR) is 132 cm³/mol. The first-order valence-electron chi connectivity index (χ1n) is 11.7. The van der Waals surface area contributed by atoms with Gasteiger partial charge in [0.25, 0.3) is 0 Å². The molecule has 1 N–H and O–H groups in total. The molecule has 1 nitrogen and oxygen atoms in total. The molecular weight excluding hydrogens is 543 g/mol. The van der Waals surface area contributed by atoms with Gasteiger partial charge in [0.1, 0.15) is 5.75 Å². The molecule has 0 bridgehead atoms. The molecule has 38 heavy (non-hydrogen) atoms. The zero-order valence-electron chi connectivity index (χ0n) is 21.8. The van der Waals surface area contributed by atoms with Gasteiger partial charge in [-0.2, -0.15) is 39.5 Å². The number of benzene rings is 2. The van der Waals surface area contributed by atoms with Crippen LogP contribution in [0.3, 0.4) is 0 Å². The number of thioether (sulfide) groups is 1. The van der Waals surface area contributed by atoms with Crippen molar-refractivity contribution in [3.63, 3.8) is 0 Å². The SMILES string of the molecule is CC(C)(C)c1cc(C(SCCC(F)(F)C(F)(F)C(F)(F)C(F)(F)F)c2ccccc2)c(O)c(C(C)(C)C)c1. The van der Waals surface area contributed by atoms with E-state index >= 15 is 0 Å². The highest BCUT2D eigenvalue weighted by Crippen LogP contribution is 2.55. The molecule has 0 radical (unpaired) electrons. The van der Waals surface area contributed by atoms with Crippen molar-refractivity contribution < 1.29 is 44.6 Å². The summed E-state index contributed by atoms with van der Waals surface area (Å²) in [5.41, 5.74) is 1.15. The van der Waals surface area contributed by atoms with Crippen LogP contribution in [0.1, 0.15) is 75.5 Å². The molecule has 2 aromatic carbocycles. The summed E-state index contributed by atoms with van der Waals surface area (Å²) in [4.78, 5) is 0. The number of rotatable bonds is 8. The van der Waals surface area contributed by atoms with E-state index in [1.165, 1.54) is 0 Å². The topological polar surface area (TPSA) is 20.2 Å². The molecule has 2 rings (SSSR count). The summed E-state index contributed by atoms with van der Waals surface area (Å²) in [6, 6.07) is 11.6. The van der Waals surface area contributed by atoms with Crippen molar-refractivity contribution >= 4 is 11.8 Å². The van der Waals surface area contributed by atoms with Gasteiger partial charge in [0.2, 0.25) is 0 Å². The number of hydrogen-bond donors (Lipinski definition) is 1. The molecular formula is C27H31F9OS. The molecule has 11 heteroatoms. The molecule has 214 valence electrons. The minimum atomic E-state index is -6.92. The van der Waals surface area contributed by atoms with Crippen molar-refractivity contribution in [3.8, 4) is 5.75 Å². The number of alkyl halides is 9. The molecule has 0 aliphatic rings. The number of hydrogen-bond acceptors (Lipinski definition) is 2. The van der Waals surface area contributed by atoms with E-state index in [2.05, 4.69) is 0 Å². The van der Waals surface area contributed by atoms with Gasteiger partial charge in [-0.15, -0.1) is 11.8 Å². The van der Waals surface area contributed by atoms with Crippen molar-refractivity contribution in [2.75, 3.05) is 5.75 Å². The lowest BCUT2D eigenvalue weighted by Crippen LogP contribution is -2.60. The molecule has 0 amide bonds. The summed E-state index contributed by atoms with van der Waals surface area (Å²) in [5.74, 6) is -20.3. The Morgan fingerprint density at radius 3 is 1.71 bits per heavy atom. The second-order valence-corrected chi connectivity index (χ2v) is 12.4. The fraction of sp³-hybridized carbons (Fsp3) is 0.556. The van der Waals surface area contributed by atoms with E-state index in [1.807, 2.05) is 47.6 Å². The van der Waals surface area contributed by atoms with E-state index in [0.29, 0.717) is 22.9 Å². The fourth-order valence-electron chi connectivity index (χ4n) is 3.72. The standard InChI is InChI=1S/C27H31F9OS/c1-22(2,3)17-14-18(20(37)19(15-17)23(4,5)6)21(16-10-8-7-9-11-16)38-13-12-24(28,29)25(30,31)26(32,33)27(34,35)36/h7-11,14-15,21,37H,12-13H2,1-6H3. The van der Waals surface area contributed by atoms with E-state index in [1.54, 1.807) is 36.4 Å². The summed E-state index contributed by atoms with van der Waals surface area (Å²) in [6.45, 7) is 11.3. The van der Waals surface area contributed by atoms with Crippen molar-refractivity contribution in [2.45, 2.75) is 88.0 Å². The third kappa shape index (κ3) is 6.39. The number of phenols is 1. The van der Waals surface area contributed by atoms with Crippen LogP contribution in [0, 0.1) is 0 Å². The fourth-order valence-corrected chi connectivity index (χ4v) is 5.04. The molecule has 1 atom stereocenters. The number of halogens is 9. The van der Waals surface area contributed by atoms with E-state index in [4.69, 9.17) is 0 Å². The normalized spacial score (nSPS) is 15.0. The molecule has 0 heterocycles. The van der Waals surface area contributed by atoms with Crippen LogP contribution >= 0.6 is 11.8 Å². The minimum absolute atomic E-state index is 0.146. The highest BCUT2D eigenvalue weighted by molar-refractivity contribution is 7.99. The first-order valence-corrected chi connectivity index (χ1v) is 12.7. The predicted octanol–water partition coefficient (Wildman–Crippen LogP) is 9.67. The Morgan fingerprint density at radius 1 is 0.737 bits per heavy atom. The first kappa shape index (κ1) is 32.2. The maximum absolute atomic E-state index is 14.2. The molecule has 0 saturated carbocycles. The maximum Gasteiger partial charge on any atom is 0.460 e. The van der Waals surface area contributed by atoms with Crippen LogP contribution in [0.2, 0.25) is 0 Å². The third-order valence-corrected chi connectivity index (χ3v) is 7.41. The maximum atomic E-state index is 14.2. The van der Waals surface area contributed by atoms with Gasteiger partial charge in [-0.1, -0.05) is 84.0 Å². The lowest BCUT2D eigenvalue weighted by atomic mass is 9.78. The van der Waals surface area contributed by atoms with Gasteiger partial charge in [0, 0.05) is 17.7 Å². The van der Waals surface area contributed by atoms with Gasteiger partial charge < -0.3 is 5.11 Å². The van der Waals surface area contributed by atoms with E-state index < -0.39 is 52.2 Å². The smallest absolute Gasteiger partial charge is 0.460 e. The monoisotopic (exact) mass is 574 g/mol. The zero-order chi connectivity index (χ0) is 29.5. The van der Waals surface area contributed by atoms with E-state index in [0.717, 1.165) is 5.56 Å². The van der Waals surface area contributed by atoms with Gasteiger partial charge in [-0.25, -0.2) is 0 Å². The van der Waals surface area contributed by atoms with Crippen LogP contribution in [0.5, 0.6) is 5.75 Å². The Kier molecular flexibility index (Phi) is 8.89. The van der Waals surface area contributed by atoms with Gasteiger partial charge >= 0.3 is 23.9 Å². The zero-order valence-corrected chi connectivity index (χ0v) is 22.6. The van der Waals surface area contributed by atoms with Crippen LogP contribution in [0.25, 0.3) is 0 Å². The summed E-state index contributed by atoms with van der Waals surface area (Å²) < 4.78 is 120. The molecule has 0 aliphatic carbocycles. The lowest BCUT2D eigenvalue weighted by Gasteiger charge is -2.34. The highest BCUT2D eigenvalue weighted by Gasteiger charge is 2.81. The summed E-state index contributed by atoms with van der Waals surface area (Å²) in [7, 11) is 0. The molecule has 2 aromatic rings. The second-order valence-electron chi connectivity index (χ2n) is 11.2. The highest BCUT2D eigenvalue weighted by atomic mass is 32.2. The quantitative estimate of drug-likeness (QED) is 0.317. The Bertz CT molecular complexity index is 1100. The average molecular weight is 575 g/mol. The second kappa shape index (κ2) is 10.5. The van der Waals surface area contributed by atoms with Crippen LogP contribution < -0.4 is 0 Å². The molecule has 0 aromatic heterocycles. The Hall–Kier alpha value is -2.04. The number of aromatic hydroxyl groups is 1. The third-order valence-electron chi connectivity index (χ3n) is 6.11. The summed E-state index contributed by atoms with van der Waals surface area (Å²) >= 11 is 0.642. The van der Waals surface area contributed by atoms with Crippen LogP contribution in [-0.2, 0) is 10.8 Å².